The number of carbonyl (C=O) groups is 3. The third-order valence-electron chi connectivity index (χ3n) is 5.44. The zero-order valence-corrected chi connectivity index (χ0v) is 22.4. The Morgan fingerprint density at radius 1 is 0.641 bits per heavy atom. The van der Waals surface area contributed by atoms with E-state index >= 15 is 0 Å². The molecule has 1 unspecified atom stereocenters. The van der Waals surface area contributed by atoms with Gasteiger partial charge in [0.1, 0.15) is 6.10 Å². The lowest BCUT2D eigenvalue weighted by Gasteiger charge is -2.09. The minimum absolute atomic E-state index is 0.184. The van der Waals surface area contributed by atoms with Gasteiger partial charge in [0.15, 0.2) is 11.6 Å². The van der Waals surface area contributed by atoms with Gasteiger partial charge in [-0.2, -0.15) is 0 Å². The van der Waals surface area contributed by atoms with Gasteiger partial charge < -0.3 is 14.6 Å². The van der Waals surface area contributed by atoms with Crippen LogP contribution in [0.5, 0.6) is 0 Å². The van der Waals surface area contributed by atoms with Crippen LogP contribution in [0.15, 0.2) is 115 Å². The number of esters is 1. The van der Waals surface area contributed by atoms with Crippen LogP contribution < -0.4 is 0 Å². The zero-order valence-electron chi connectivity index (χ0n) is 22.4. The average Bonchev–Trinajstić information content (AvgIpc) is 3.02. The molecule has 0 fully saturated rings. The summed E-state index contributed by atoms with van der Waals surface area (Å²) in [6, 6.07) is 33.2. The number of methoxy groups -OCH3 is 1. The number of carbonyl (C=O) groups excluding carboxylic acids is 3. The molecule has 0 heterocycles. The summed E-state index contributed by atoms with van der Waals surface area (Å²) in [6.45, 7) is 5.67. The van der Waals surface area contributed by atoms with E-state index in [-0.39, 0.29) is 17.1 Å². The monoisotopic (exact) mass is 526 g/mol. The van der Waals surface area contributed by atoms with Crippen molar-refractivity contribution in [3.05, 3.63) is 143 Å². The Balaban J connectivity index is 0.000000235. The Morgan fingerprint density at radius 2 is 1.08 bits per heavy atom. The lowest BCUT2D eigenvalue weighted by atomic mass is 9.98. The summed E-state index contributed by atoms with van der Waals surface area (Å²) in [5, 5.41) is 9.89. The molecule has 0 radical (unpaired) electrons. The summed E-state index contributed by atoms with van der Waals surface area (Å²) < 4.78 is 9.51. The molecule has 0 bridgehead atoms. The van der Waals surface area contributed by atoms with Crippen molar-refractivity contribution in [1.82, 2.24) is 0 Å². The van der Waals surface area contributed by atoms with E-state index in [0.717, 1.165) is 13.2 Å². The Hall–Kier alpha value is -4.39. The molecule has 0 saturated heterocycles. The van der Waals surface area contributed by atoms with Crippen LogP contribution in [-0.4, -0.2) is 43.0 Å². The summed E-state index contributed by atoms with van der Waals surface area (Å²) in [4.78, 5) is 35.8. The average molecular weight is 527 g/mol. The first kappa shape index (κ1) is 30.8. The van der Waals surface area contributed by atoms with Crippen LogP contribution in [-0.2, 0) is 9.47 Å². The predicted octanol–water partition coefficient (Wildman–Crippen LogP) is 6.35. The summed E-state index contributed by atoms with van der Waals surface area (Å²) in [7, 11) is 1.30. The van der Waals surface area contributed by atoms with Gasteiger partial charge in [0.05, 0.1) is 12.7 Å². The fourth-order valence-electron chi connectivity index (χ4n) is 3.47. The van der Waals surface area contributed by atoms with Gasteiger partial charge in [0.25, 0.3) is 0 Å². The molecule has 0 aliphatic rings. The second-order valence-electron chi connectivity index (χ2n) is 8.06. The summed E-state index contributed by atoms with van der Waals surface area (Å²) >= 11 is 0. The van der Waals surface area contributed by atoms with Gasteiger partial charge in [-0.05, 0) is 25.5 Å². The number of benzene rings is 4. The van der Waals surface area contributed by atoms with Crippen molar-refractivity contribution in [3.63, 3.8) is 0 Å². The fourth-order valence-corrected chi connectivity index (χ4v) is 3.47. The van der Waals surface area contributed by atoms with E-state index in [1.807, 2.05) is 32.0 Å². The van der Waals surface area contributed by atoms with Gasteiger partial charge in [-0.1, -0.05) is 109 Å². The Kier molecular flexibility index (Phi) is 13.6. The highest BCUT2D eigenvalue weighted by Crippen LogP contribution is 2.18. The topological polar surface area (TPSA) is 89.9 Å². The number of ether oxygens (including phenoxy) is 2. The van der Waals surface area contributed by atoms with Gasteiger partial charge in [-0.15, -0.1) is 0 Å². The van der Waals surface area contributed by atoms with Crippen LogP contribution in [0, 0.1) is 0 Å². The molecule has 202 valence electrons. The van der Waals surface area contributed by atoms with Crippen molar-refractivity contribution in [2.45, 2.75) is 20.0 Å². The van der Waals surface area contributed by atoms with Crippen molar-refractivity contribution >= 4 is 17.5 Å². The van der Waals surface area contributed by atoms with Gasteiger partial charge >= 0.3 is 5.97 Å². The maximum Gasteiger partial charge on any atom is 0.338 e. The summed E-state index contributed by atoms with van der Waals surface area (Å²) in [5.41, 5.74) is 2.34. The van der Waals surface area contributed by atoms with Crippen LogP contribution in [0.3, 0.4) is 0 Å². The Labute approximate surface area is 229 Å². The zero-order chi connectivity index (χ0) is 28.5. The van der Waals surface area contributed by atoms with Crippen molar-refractivity contribution in [1.29, 1.82) is 0 Å². The van der Waals surface area contributed by atoms with Gasteiger partial charge in [-0.25, -0.2) is 4.79 Å². The minimum Gasteiger partial charge on any atom is -0.465 e. The van der Waals surface area contributed by atoms with Crippen molar-refractivity contribution < 1.29 is 29.0 Å². The molecule has 0 aromatic heterocycles. The lowest BCUT2D eigenvalue weighted by molar-refractivity contribution is 0.0597. The molecule has 0 spiro atoms. The second-order valence-corrected chi connectivity index (χ2v) is 8.06. The number of ketones is 2. The second kappa shape index (κ2) is 17.2. The normalized spacial score (nSPS) is 10.6. The number of aliphatic hydroxyl groups is 1. The SMILES string of the molecule is CCOCC.COC(=O)c1ccccc1C(=O)c1ccccc1.O=C(c1ccccc1)C(O)c1ccccc1. The van der Waals surface area contributed by atoms with E-state index in [0.29, 0.717) is 22.3 Å². The van der Waals surface area contributed by atoms with Gasteiger partial charge in [0.2, 0.25) is 0 Å². The number of hydrogen-bond donors (Lipinski definition) is 1. The molecule has 0 amide bonds. The van der Waals surface area contributed by atoms with E-state index in [2.05, 4.69) is 4.74 Å². The Bertz CT molecular complexity index is 1290. The molecule has 0 aliphatic carbocycles. The van der Waals surface area contributed by atoms with E-state index in [9.17, 15) is 19.5 Å². The van der Waals surface area contributed by atoms with E-state index in [1.54, 1.807) is 97.1 Å². The van der Waals surface area contributed by atoms with Crippen LogP contribution >= 0.6 is 0 Å². The molecule has 39 heavy (non-hydrogen) atoms. The first-order valence-electron chi connectivity index (χ1n) is 12.6. The van der Waals surface area contributed by atoms with Crippen molar-refractivity contribution in [2.24, 2.45) is 0 Å². The smallest absolute Gasteiger partial charge is 0.338 e. The summed E-state index contributed by atoms with van der Waals surface area (Å²) in [6.07, 6.45) is -1.08. The third-order valence-corrected chi connectivity index (χ3v) is 5.44. The van der Waals surface area contributed by atoms with E-state index < -0.39 is 12.1 Å². The van der Waals surface area contributed by atoms with Crippen LogP contribution in [0.25, 0.3) is 0 Å². The molecule has 1 atom stereocenters. The van der Waals surface area contributed by atoms with Crippen LogP contribution in [0.4, 0.5) is 0 Å². The van der Waals surface area contributed by atoms with E-state index in [1.165, 1.54) is 7.11 Å². The summed E-state index contributed by atoms with van der Waals surface area (Å²) in [5.74, 6) is -0.960. The number of rotatable bonds is 8. The van der Waals surface area contributed by atoms with Crippen molar-refractivity contribution in [2.75, 3.05) is 20.3 Å². The molecule has 4 aromatic carbocycles. The maximum atomic E-state index is 12.3. The first-order valence-corrected chi connectivity index (χ1v) is 12.6. The van der Waals surface area contributed by atoms with Gasteiger partial charge in [0, 0.05) is 29.9 Å². The molecule has 6 heteroatoms. The highest BCUT2D eigenvalue weighted by atomic mass is 16.5. The van der Waals surface area contributed by atoms with Crippen LogP contribution in [0.1, 0.15) is 62.2 Å². The molecule has 0 aliphatic heterocycles. The first-order chi connectivity index (χ1) is 18.9. The van der Waals surface area contributed by atoms with Crippen molar-refractivity contribution in [3.8, 4) is 0 Å². The fraction of sp³-hybridized carbons (Fsp3) is 0.182. The van der Waals surface area contributed by atoms with E-state index in [4.69, 9.17) is 4.74 Å². The lowest BCUT2D eigenvalue weighted by Crippen LogP contribution is -2.11. The number of aliphatic hydroxyl groups excluding tert-OH is 1. The maximum absolute atomic E-state index is 12.3. The highest BCUT2D eigenvalue weighted by Gasteiger charge is 2.19. The standard InChI is InChI=1S/C15H12O3.C14H12O2.C4H10O/c1-18-15(17)13-10-6-5-9-12(13)14(16)11-7-3-2-4-8-11;15-13(11-7-3-1-4-8-11)14(16)12-9-5-2-6-10-12;1-3-5-4-2/h2-10H,1H3;1-10,13,15H;3-4H2,1-2H3. The quantitative estimate of drug-likeness (QED) is 0.213. The molecule has 4 aromatic rings. The molecule has 6 nitrogen and oxygen atoms in total. The van der Waals surface area contributed by atoms with Gasteiger partial charge in [-0.3, -0.25) is 9.59 Å². The van der Waals surface area contributed by atoms with Crippen LogP contribution in [0.2, 0.25) is 0 Å². The number of Topliss-reactive ketones (excluding diaryl/α,β-unsaturated/α-hetero) is 1. The molecular weight excluding hydrogens is 492 g/mol. The minimum atomic E-state index is -1.08. The number of hydrogen-bond acceptors (Lipinski definition) is 6. The highest BCUT2D eigenvalue weighted by molar-refractivity contribution is 6.14. The third kappa shape index (κ3) is 9.78. The molecule has 1 N–H and O–H groups in total. The molecule has 0 saturated carbocycles. The molecule has 4 rings (SSSR count). The Morgan fingerprint density at radius 3 is 1.54 bits per heavy atom. The molecular formula is C33H34O6. The largest absolute Gasteiger partial charge is 0.465 e. The predicted molar refractivity (Wildman–Crippen MR) is 152 cm³/mol.